The maximum absolute atomic E-state index is 11.0. The third-order valence-electron chi connectivity index (χ3n) is 2.18. The van der Waals surface area contributed by atoms with Crippen LogP contribution in [0.4, 0.5) is 0 Å². The lowest BCUT2D eigenvalue weighted by Gasteiger charge is -1.92. The summed E-state index contributed by atoms with van der Waals surface area (Å²) >= 11 is -0.655. The Hall–Kier alpha value is -1.22. The van der Waals surface area contributed by atoms with Gasteiger partial charge in [-0.15, -0.1) is 11.3 Å². The van der Waals surface area contributed by atoms with Crippen LogP contribution >= 0.6 is 11.3 Å². The number of thiophene rings is 1. The quantitative estimate of drug-likeness (QED) is 0.776. The molecular formula is C10H7NO2S2. The molecule has 5 heteroatoms. The molecule has 0 fully saturated rings. The van der Waals surface area contributed by atoms with Crippen molar-refractivity contribution in [3.63, 3.8) is 0 Å². The average molecular weight is 237 g/mol. The van der Waals surface area contributed by atoms with Crippen LogP contribution in [-0.4, -0.2) is 8.76 Å². The molecule has 15 heavy (non-hydrogen) atoms. The van der Waals surface area contributed by atoms with Crippen molar-refractivity contribution in [2.45, 2.75) is 11.1 Å². The third kappa shape index (κ3) is 1.67. The van der Waals surface area contributed by atoms with Crippen molar-refractivity contribution in [2.75, 3.05) is 0 Å². The second kappa shape index (κ2) is 3.74. The van der Waals surface area contributed by atoms with Crippen molar-refractivity contribution in [1.82, 2.24) is 0 Å². The molecule has 1 heterocycles. The molecule has 0 aliphatic rings. The topological polar surface area (TPSA) is 61.1 Å². The fourth-order valence-corrected chi connectivity index (χ4v) is 3.28. The second-order valence-electron chi connectivity index (χ2n) is 3.09. The smallest absolute Gasteiger partial charge is 0.197 e. The van der Waals surface area contributed by atoms with Crippen LogP contribution in [0.3, 0.4) is 0 Å². The van der Waals surface area contributed by atoms with E-state index in [4.69, 9.17) is 9.81 Å². The molecule has 76 valence electrons. The second-order valence-corrected chi connectivity index (χ2v) is 5.30. The van der Waals surface area contributed by atoms with Gasteiger partial charge in [0.25, 0.3) is 0 Å². The Labute approximate surface area is 93.3 Å². The summed E-state index contributed by atoms with van der Waals surface area (Å²) < 4.78 is 21.4. The molecule has 1 aromatic carbocycles. The fraction of sp³-hybridized carbons (Fsp3) is 0.100. The van der Waals surface area contributed by atoms with Crippen LogP contribution in [0.15, 0.2) is 22.4 Å². The van der Waals surface area contributed by atoms with Crippen LogP contribution in [0.2, 0.25) is 0 Å². The summed E-state index contributed by atoms with van der Waals surface area (Å²) in [6, 6.07) is 7.32. The highest BCUT2D eigenvalue weighted by Crippen LogP contribution is 2.33. The van der Waals surface area contributed by atoms with Gasteiger partial charge in [0.1, 0.15) is 4.21 Å². The van der Waals surface area contributed by atoms with Gasteiger partial charge < -0.3 is 4.55 Å². The summed E-state index contributed by atoms with van der Waals surface area (Å²) in [6.45, 7) is 1.80. The van der Waals surface area contributed by atoms with E-state index in [0.29, 0.717) is 9.77 Å². The van der Waals surface area contributed by atoms with E-state index in [1.165, 1.54) is 11.3 Å². The number of hydrogen-bond donors (Lipinski definition) is 1. The lowest BCUT2D eigenvalue weighted by atomic mass is 10.1. The van der Waals surface area contributed by atoms with E-state index in [2.05, 4.69) is 6.07 Å². The Kier molecular flexibility index (Phi) is 2.57. The molecule has 3 nitrogen and oxygen atoms in total. The molecule has 1 atom stereocenters. The molecule has 0 saturated carbocycles. The SMILES string of the molecule is Cc1c(S(=O)O)sc2ccc(C#N)cc12. The van der Waals surface area contributed by atoms with Gasteiger partial charge in [-0.2, -0.15) is 5.26 Å². The molecule has 0 radical (unpaired) electrons. The summed E-state index contributed by atoms with van der Waals surface area (Å²) in [5.74, 6) is 0. The molecule has 2 aromatic rings. The van der Waals surface area contributed by atoms with Gasteiger partial charge in [0.05, 0.1) is 11.6 Å². The average Bonchev–Trinajstić information content (AvgIpc) is 2.56. The van der Waals surface area contributed by atoms with Crippen LogP contribution in [0, 0.1) is 18.3 Å². The predicted octanol–water partition coefficient (Wildman–Crippen LogP) is 2.66. The first-order valence-electron chi connectivity index (χ1n) is 4.17. The zero-order chi connectivity index (χ0) is 11.0. The highest BCUT2D eigenvalue weighted by Gasteiger charge is 2.12. The number of hydrogen-bond acceptors (Lipinski definition) is 3. The van der Waals surface area contributed by atoms with E-state index in [1.807, 2.05) is 6.07 Å². The zero-order valence-corrected chi connectivity index (χ0v) is 9.48. The fourth-order valence-electron chi connectivity index (χ4n) is 1.43. The molecule has 0 spiro atoms. The summed E-state index contributed by atoms with van der Waals surface area (Å²) in [5.41, 5.74) is 1.35. The lowest BCUT2D eigenvalue weighted by molar-refractivity contribution is 0.566. The van der Waals surface area contributed by atoms with Crippen molar-refractivity contribution in [3.8, 4) is 6.07 Å². The highest BCUT2D eigenvalue weighted by atomic mass is 32.2. The normalized spacial score (nSPS) is 12.6. The number of rotatable bonds is 1. The molecular weight excluding hydrogens is 230 g/mol. The number of nitrogens with zero attached hydrogens (tertiary/aromatic N) is 1. The van der Waals surface area contributed by atoms with Crippen molar-refractivity contribution >= 4 is 32.5 Å². The Morgan fingerprint density at radius 1 is 1.53 bits per heavy atom. The molecule has 0 bridgehead atoms. The Bertz CT molecular complexity index is 595. The molecule has 1 N–H and O–H groups in total. The molecule has 0 saturated heterocycles. The molecule has 1 unspecified atom stereocenters. The Morgan fingerprint density at radius 3 is 2.87 bits per heavy atom. The molecule has 1 aromatic heterocycles. The predicted molar refractivity (Wildman–Crippen MR) is 60.3 cm³/mol. The van der Waals surface area contributed by atoms with E-state index in [1.54, 1.807) is 19.1 Å². The van der Waals surface area contributed by atoms with Gasteiger partial charge in [-0.1, -0.05) is 0 Å². The first-order chi connectivity index (χ1) is 7.13. The van der Waals surface area contributed by atoms with Crippen molar-refractivity contribution < 1.29 is 8.76 Å². The minimum Gasteiger partial charge on any atom is -0.302 e. The lowest BCUT2D eigenvalue weighted by Crippen LogP contribution is -1.85. The van der Waals surface area contributed by atoms with Gasteiger partial charge >= 0.3 is 0 Å². The minimum atomic E-state index is -1.95. The first kappa shape index (κ1) is 10.3. The molecule has 2 rings (SSSR count). The van der Waals surface area contributed by atoms with Gasteiger partial charge in [-0.05, 0) is 36.1 Å². The van der Waals surface area contributed by atoms with E-state index in [9.17, 15) is 4.21 Å². The maximum Gasteiger partial charge on any atom is 0.197 e. The summed E-state index contributed by atoms with van der Waals surface area (Å²) in [7, 11) is 0. The van der Waals surface area contributed by atoms with Gasteiger partial charge in [0.15, 0.2) is 11.1 Å². The van der Waals surface area contributed by atoms with Crippen LogP contribution in [0.25, 0.3) is 10.1 Å². The largest absolute Gasteiger partial charge is 0.302 e. The molecule has 0 aliphatic carbocycles. The van der Waals surface area contributed by atoms with E-state index >= 15 is 0 Å². The van der Waals surface area contributed by atoms with Crippen LogP contribution in [0.1, 0.15) is 11.1 Å². The highest BCUT2D eigenvalue weighted by molar-refractivity contribution is 7.82. The van der Waals surface area contributed by atoms with Crippen molar-refractivity contribution in [3.05, 3.63) is 29.3 Å². The minimum absolute atomic E-state index is 0.458. The summed E-state index contributed by atoms with van der Waals surface area (Å²) in [5, 5.41) is 9.63. The van der Waals surface area contributed by atoms with E-state index in [0.717, 1.165) is 15.6 Å². The standard InChI is InChI=1S/C10H7NO2S2/c1-6-8-4-7(5-11)2-3-9(8)14-10(6)15(12)13/h2-4H,1H3,(H,12,13). The number of benzene rings is 1. The van der Waals surface area contributed by atoms with Gasteiger partial charge in [-0.25, -0.2) is 4.21 Å². The molecule has 0 amide bonds. The maximum atomic E-state index is 11.0. The number of fused-ring (bicyclic) bond motifs is 1. The summed E-state index contributed by atoms with van der Waals surface area (Å²) in [6.07, 6.45) is 0. The van der Waals surface area contributed by atoms with E-state index < -0.39 is 11.1 Å². The zero-order valence-electron chi connectivity index (χ0n) is 7.85. The van der Waals surface area contributed by atoms with E-state index in [-0.39, 0.29) is 0 Å². The number of nitriles is 1. The van der Waals surface area contributed by atoms with Crippen LogP contribution in [-0.2, 0) is 11.1 Å². The van der Waals surface area contributed by atoms with Crippen LogP contribution in [0.5, 0.6) is 0 Å². The van der Waals surface area contributed by atoms with Gasteiger partial charge in [0.2, 0.25) is 0 Å². The van der Waals surface area contributed by atoms with Crippen molar-refractivity contribution in [1.29, 1.82) is 5.26 Å². The Morgan fingerprint density at radius 2 is 2.27 bits per heavy atom. The number of aryl methyl sites for hydroxylation is 1. The monoisotopic (exact) mass is 237 g/mol. The molecule has 0 aliphatic heterocycles. The van der Waals surface area contributed by atoms with Gasteiger partial charge in [-0.3, -0.25) is 0 Å². The summed E-state index contributed by atoms with van der Waals surface area (Å²) in [4.78, 5) is 0. The van der Waals surface area contributed by atoms with Gasteiger partial charge in [0, 0.05) is 4.70 Å². The Balaban J connectivity index is 2.79. The first-order valence-corrected chi connectivity index (χ1v) is 6.10. The third-order valence-corrected chi connectivity index (χ3v) is 4.55. The van der Waals surface area contributed by atoms with Crippen molar-refractivity contribution in [2.24, 2.45) is 0 Å². The van der Waals surface area contributed by atoms with Crippen LogP contribution < -0.4 is 0 Å².